The number of rotatable bonds is 6. The van der Waals surface area contributed by atoms with Crippen molar-refractivity contribution in [1.82, 2.24) is 19.5 Å². The Morgan fingerprint density at radius 3 is 1.57 bits per heavy atom. The Morgan fingerprint density at radius 1 is 0.317 bits per heavy atom. The first-order valence-corrected chi connectivity index (χ1v) is 21.1. The van der Waals surface area contributed by atoms with Crippen molar-refractivity contribution in [2.75, 3.05) is 0 Å². The van der Waals surface area contributed by atoms with Crippen LogP contribution in [0.3, 0.4) is 0 Å². The molecule has 4 heterocycles. The molecule has 0 saturated heterocycles. The molecule has 0 bridgehead atoms. The second kappa shape index (κ2) is 14.0. The van der Waals surface area contributed by atoms with E-state index >= 15 is 0 Å². The average molecular weight is 807 g/mol. The highest BCUT2D eigenvalue weighted by Crippen LogP contribution is 2.43. The summed E-state index contributed by atoms with van der Waals surface area (Å²) in [6, 6.07) is 71.5. The summed E-state index contributed by atoms with van der Waals surface area (Å²) in [5.74, 6) is 1.70. The second-order valence-corrected chi connectivity index (χ2v) is 15.9. The minimum Gasteiger partial charge on any atom is -0.456 e. The van der Waals surface area contributed by atoms with Crippen molar-refractivity contribution < 1.29 is 8.83 Å². The molecule has 0 aliphatic carbocycles. The van der Waals surface area contributed by atoms with Crippen LogP contribution in [0.2, 0.25) is 0 Å². The molecule has 294 valence electrons. The van der Waals surface area contributed by atoms with Gasteiger partial charge in [0.1, 0.15) is 22.3 Å². The molecule has 9 aromatic carbocycles. The van der Waals surface area contributed by atoms with E-state index in [-0.39, 0.29) is 0 Å². The predicted molar refractivity (Wildman–Crippen MR) is 256 cm³/mol. The molecule has 0 fully saturated rings. The van der Waals surface area contributed by atoms with Gasteiger partial charge in [-0.25, -0.2) is 15.0 Å². The van der Waals surface area contributed by atoms with Crippen molar-refractivity contribution in [3.63, 3.8) is 0 Å². The van der Waals surface area contributed by atoms with Crippen molar-refractivity contribution in [1.29, 1.82) is 0 Å². The summed E-state index contributed by atoms with van der Waals surface area (Å²) >= 11 is 0. The quantitative estimate of drug-likeness (QED) is 0.167. The van der Waals surface area contributed by atoms with Crippen molar-refractivity contribution in [3.05, 3.63) is 206 Å². The molecule has 0 saturated carbocycles. The van der Waals surface area contributed by atoms with E-state index in [0.29, 0.717) is 17.5 Å². The van der Waals surface area contributed by atoms with Gasteiger partial charge in [-0.1, -0.05) is 158 Å². The lowest BCUT2D eigenvalue weighted by Gasteiger charge is -2.12. The third kappa shape index (κ3) is 5.62. The lowest BCUT2D eigenvalue weighted by Crippen LogP contribution is -2.00. The van der Waals surface area contributed by atoms with Crippen LogP contribution >= 0.6 is 0 Å². The topological polar surface area (TPSA) is 69.9 Å². The first kappa shape index (κ1) is 35.2. The fraction of sp³-hybridized carbons (Fsp3) is 0. The standard InChI is InChI=1S/C57H34N4O2/c1-3-14-35(15-4-1)36-28-30-37(31-29-36)55-58-56(45-22-12-26-49-52(45)43-19-8-10-25-48(43)62-49)60-57(59-55)46-23-13-27-50-53(46)44-33-32-38(34-51(44)63-50)40-20-11-21-42-41-18-7-9-24-47(41)61(54(40)42)39-16-5-2-6-17-39/h1-34H. The van der Waals surface area contributed by atoms with Gasteiger partial charge < -0.3 is 13.4 Å². The third-order valence-electron chi connectivity index (χ3n) is 12.3. The molecule has 0 unspecified atom stereocenters. The summed E-state index contributed by atoms with van der Waals surface area (Å²) in [7, 11) is 0. The van der Waals surface area contributed by atoms with Crippen molar-refractivity contribution in [2.24, 2.45) is 0 Å². The van der Waals surface area contributed by atoms with Gasteiger partial charge >= 0.3 is 0 Å². The summed E-state index contributed by atoms with van der Waals surface area (Å²) < 4.78 is 15.4. The maximum Gasteiger partial charge on any atom is 0.164 e. The highest BCUT2D eigenvalue weighted by molar-refractivity contribution is 6.16. The van der Waals surface area contributed by atoms with Gasteiger partial charge in [0.05, 0.1) is 11.0 Å². The second-order valence-electron chi connectivity index (χ2n) is 15.9. The van der Waals surface area contributed by atoms with Gasteiger partial charge in [0, 0.05) is 60.3 Å². The molecule has 4 aromatic heterocycles. The fourth-order valence-electron chi connectivity index (χ4n) is 9.43. The van der Waals surface area contributed by atoms with E-state index in [4.69, 9.17) is 23.8 Å². The Kier molecular flexibility index (Phi) is 7.80. The van der Waals surface area contributed by atoms with Crippen LogP contribution in [0.25, 0.3) is 128 Å². The Hall–Kier alpha value is -8.61. The minimum atomic E-state index is 0.557. The highest BCUT2D eigenvalue weighted by atomic mass is 16.3. The molecule has 0 spiro atoms. The van der Waals surface area contributed by atoms with E-state index in [2.05, 4.69) is 162 Å². The van der Waals surface area contributed by atoms with Gasteiger partial charge in [-0.05, 0) is 65.2 Å². The zero-order valence-corrected chi connectivity index (χ0v) is 33.7. The van der Waals surface area contributed by atoms with Crippen LogP contribution in [0.4, 0.5) is 0 Å². The van der Waals surface area contributed by atoms with Gasteiger partial charge in [0.2, 0.25) is 0 Å². The molecular weight excluding hydrogens is 773 g/mol. The molecule has 6 nitrogen and oxygen atoms in total. The number of hydrogen-bond acceptors (Lipinski definition) is 5. The van der Waals surface area contributed by atoms with Crippen molar-refractivity contribution >= 4 is 65.7 Å². The lowest BCUT2D eigenvalue weighted by molar-refractivity contribution is 0.668. The van der Waals surface area contributed by atoms with Crippen LogP contribution in [-0.4, -0.2) is 19.5 Å². The van der Waals surface area contributed by atoms with Gasteiger partial charge in [-0.15, -0.1) is 0 Å². The first-order chi connectivity index (χ1) is 31.2. The largest absolute Gasteiger partial charge is 0.456 e. The average Bonchev–Trinajstić information content (AvgIpc) is 4.04. The fourth-order valence-corrected chi connectivity index (χ4v) is 9.43. The Bertz CT molecular complexity index is 3900. The minimum absolute atomic E-state index is 0.557. The molecule has 0 aliphatic heterocycles. The molecule has 0 radical (unpaired) electrons. The maximum absolute atomic E-state index is 6.75. The molecule has 13 aromatic rings. The zero-order chi connectivity index (χ0) is 41.4. The van der Waals surface area contributed by atoms with Crippen molar-refractivity contribution in [3.8, 4) is 62.1 Å². The number of hydrogen-bond donors (Lipinski definition) is 0. The van der Waals surface area contributed by atoms with E-state index in [1.165, 1.54) is 16.3 Å². The van der Waals surface area contributed by atoms with E-state index < -0.39 is 0 Å². The Morgan fingerprint density at radius 2 is 0.825 bits per heavy atom. The number of fused-ring (bicyclic) bond motifs is 9. The SMILES string of the molecule is c1ccc(-c2ccc(-c3nc(-c4cccc5oc6ccccc6c45)nc(-c4cccc5oc6cc(-c7cccc8c9ccccc9n(-c9ccccc9)c78)ccc6c45)n3)cc2)cc1. The summed E-state index contributed by atoms with van der Waals surface area (Å²) in [6.45, 7) is 0. The van der Waals surface area contributed by atoms with Crippen LogP contribution in [0, 0.1) is 0 Å². The van der Waals surface area contributed by atoms with E-state index in [1.54, 1.807) is 0 Å². The molecule has 13 rings (SSSR count). The summed E-state index contributed by atoms with van der Waals surface area (Å²) in [5, 5.41) is 6.33. The molecule has 63 heavy (non-hydrogen) atoms. The van der Waals surface area contributed by atoms with Gasteiger partial charge in [-0.2, -0.15) is 0 Å². The van der Waals surface area contributed by atoms with Crippen LogP contribution in [0.1, 0.15) is 0 Å². The van der Waals surface area contributed by atoms with Gasteiger partial charge in [-0.3, -0.25) is 0 Å². The molecule has 0 aliphatic rings. The number of furan rings is 2. The summed E-state index contributed by atoms with van der Waals surface area (Å²) in [6.07, 6.45) is 0. The zero-order valence-electron chi connectivity index (χ0n) is 33.7. The molecular formula is C57H34N4O2. The molecule has 0 amide bonds. The van der Waals surface area contributed by atoms with E-state index in [0.717, 1.165) is 94.0 Å². The molecule has 0 atom stereocenters. The molecule has 6 heteroatoms. The summed E-state index contributed by atoms with van der Waals surface area (Å²) in [5.41, 5.74) is 13.7. The van der Waals surface area contributed by atoms with Crippen molar-refractivity contribution in [2.45, 2.75) is 0 Å². The first-order valence-electron chi connectivity index (χ1n) is 21.1. The number of nitrogens with zero attached hydrogens (tertiary/aromatic N) is 4. The third-order valence-corrected chi connectivity index (χ3v) is 12.3. The summed E-state index contributed by atoms with van der Waals surface area (Å²) in [4.78, 5) is 15.7. The van der Waals surface area contributed by atoms with Crippen LogP contribution < -0.4 is 0 Å². The Balaban J connectivity index is 1.00. The number of benzene rings is 9. The predicted octanol–water partition coefficient (Wildman–Crippen LogP) is 15.1. The number of aromatic nitrogens is 4. The smallest absolute Gasteiger partial charge is 0.164 e. The van der Waals surface area contributed by atoms with E-state index in [9.17, 15) is 0 Å². The lowest BCUT2D eigenvalue weighted by atomic mass is 9.99. The highest BCUT2D eigenvalue weighted by Gasteiger charge is 2.22. The van der Waals surface area contributed by atoms with Gasteiger partial charge in [0.25, 0.3) is 0 Å². The Labute approximate surface area is 361 Å². The van der Waals surface area contributed by atoms with Gasteiger partial charge in [0.15, 0.2) is 17.5 Å². The van der Waals surface area contributed by atoms with Crippen LogP contribution in [-0.2, 0) is 0 Å². The van der Waals surface area contributed by atoms with Crippen LogP contribution in [0.5, 0.6) is 0 Å². The van der Waals surface area contributed by atoms with E-state index in [1.807, 2.05) is 48.5 Å². The number of para-hydroxylation sites is 4. The van der Waals surface area contributed by atoms with Crippen LogP contribution in [0.15, 0.2) is 215 Å². The monoisotopic (exact) mass is 806 g/mol. The normalized spacial score (nSPS) is 11.8. The molecule has 0 N–H and O–H groups in total. The maximum atomic E-state index is 6.75.